The molecule has 1 atom stereocenters. The van der Waals surface area contributed by atoms with Gasteiger partial charge in [-0.15, -0.1) is 0 Å². The van der Waals surface area contributed by atoms with E-state index in [0.29, 0.717) is 5.69 Å². The van der Waals surface area contributed by atoms with Crippen molar-refractivity contribution in [1.82, 2.24) is 30.0 Å². The second kappa shape index (κ2) is 6.74. The van der Waals surface area contributed by atoms with Gasteiger partial charge in [0.1, 0.15) is 12.2 Å². The van der Waals surface area contributed by atoms with Gasteiger partial charge in [-0.3, -0.25) is 14.8 Å². The van der Waals surface area contributed by atoms with E-state index in [4.69, 9.17) is 0 Å². The molecule has 0 fully saturated rings. The van der Waals surface area contributed by atoms with Crippen molar-refractivity contribution < 1.29 is 4.79 Å². The predicted molar refractivity (Wildman–Crippen MR) is 72.6 cm³/mol. The minimum absolute atomic E-state index is 0.107. The Labute approximate surface area is 117 Å². The summed E-state index contributed by atoms with van der Waals surface area (Å²) in [5, 5.41) is 7.05. The summed E-state index contributed by atoms with van der Waals surface area (Å²) in [5.74, 6) is 0.656. The molecule has 0 unspecified atom stereocenters. The number of carbonyl (C=O) groups is 1. The maximum Gasteiger partial charge on any atom is 0.226 e. The Morgan fingerprint density at radius 3 is 2.95 bits per heavy atom. The van der Waals surface area contributed by atoms with Crippen molar-refractivity contribution in [3.63, 3.8) is 0 Å². The molecule has 1 amide bonds. The summed E-state index contributed by atoms with van der Waals surface area (Å²) in [6.07, 6.45) is 7.43. The topological polar surface area (TPSA) is 85.6 Å². The van der Waals surface area contributed by atoms with Gasteiger partial charge in [-0.25, -0.2) is 9.67 Å². The zero-order valence-corrected chi connectivity index (χ0v) is 11.7. The molecule has 0 spiro atoms. The van der Waals surface area contributed by atoms with E-state index in [1.165, 1.54) is 6.33 Å². The average Bonchev–Trinajstić information content (AvgIpc) is 2.88. The van der Waals surface area contributed by atoms with Crippen molar-refractivity contribution in [3.8, 4) is 0 Å². The third-order valence-electron chi connectivity index (χ3n) is 2.80. The number of nitrogens with zero attached hydrogens (tertiary/aromatic N) is 5. The minimum Gasteiger partial charge on any atom is -0.346 e. The molecule has 0 aliphatic rings. The lowest BCUT2D eigenvalue weighted by Gasteiger charge is -2.14. The smallest absolute Gasteiger partial charge is 0.226 e. The first-order valence-corrected chi connectivity index (χ1v) is 6.62. The largest absolute Gasteiger partial charge is 0.346 e. The summed E-state index contributed by atoms with van der Waals surface area (Å²) in [5.41, 5.74) is 0.646. The molecular weight excluding hydrogens is 256 g/mol. The lowest BCUT2D eigenvalue weighted by molar-refractivity contribution is -0.121. The van der Waals surface area contributed by atoms with Crippen LogP contribution in [0, 0.1) is 0 Å². The average molecular weight is 274 g/mol. The molecule has 0 aliphatic heterocycles. The molecule has 2 aromatic rings. The maximum atomic E-state index is 12.0. The van der Waals surface area contributed by atoms with Crippen molar-refractivity contribution >= 4 is 5.91 Å². The first-order valence-electron chi connectivity index (χ1n) is 6.62. The SMILES string of the molecule is CCCn1ncnc1[C@@H](C)NC(=O)Cc1cnccn1. The van der Waals surface area contributed by atoms with Gasteiger partial charge in [0, 0.05) is 25.1 Å². The number of aryl methyl sites for hydroxylation is 1. The van der Waals surface area contributed by atoms with E-state index in [-0.39, 0.29) is 18.4 Å². The normalized spacial score (nSPS) is 12.1. The van der Waals surface area contributed by atoms with Crippen molar-refractivity contribution in [2.75, 3.05) is 0 Å². The van der Waals surface area contributed by atoms with E-state index >= 15 is 0 Å². The minimum atomic E-state index is -0.187. The van der Waals surface area contributed by atoms with Crippen molar-refractivity contribution in [2.24, 2.45) is 0 Å². The van der Waals surface area contributed by atoms with E-state index in [9.17, 15) is 4.79 Å². The van der Waals surface area contributed by atoms with Crippen LogP contribution >= 0.6 is 0 Å². The molecule has 0 radical (unpaired) electrons. The molecule has 0 saturated heterocycles. The Morgan fingerprint density at radius 1 is 1.40 bits per heavy atom. The van der Waals surface area contributed by atoms with E-state index in [1.54, 1.807) is 18.6 Å². The quantitative estimate of drug-likeness (QED) is 0.845. The van der Waals surface area contributed by atoms with Crippen LogP contribution in [0.5, 0.6) is 0 Å². The van der Waals surface area contributed by atoms with Crippen LogP contribution in [0.1, 0.15) is 37.8 Å². The molecule has 0 saturated carbocycles. The number of hydrogen-bond acceptors (Lipinski definition) is 5. The van der Waals surface area contributed by atoms with Crippen LogP contribution in [0.15, 0.2) is 24.9 Å². The predicted octanol–water partition coefficient (Wildman–Crippen LogP) is 0.898. The fraction of sp³-hybridized carbons (Fsp3) is 0.462. The van der Waals surface area contributed by atoms with Gasteiger partial charge in [-0.1, -0.05) is 6.92 Å². The molecule has 0 aromatic carbocycles. The lowest BCUT2D eigenvalue weighted by Crippen LogP contribution is -2.30. The van der Waals surface area contributed by atoms with Gasteiger partial charge >= 0.3 is 0 Å². The Bertz CT molecular complexity index is 553. The molecule has 106 valence electrons. The third kappa shape index (κ3) is 3.59. The first kappa shape index (κ1) is 14.1. The molecule has 0 bridgehead atoms. The van der Waals surface area contributed by atoms with Gasteiger partial charge in [-0.05, 0) is 13.3 Å². The summed E-state index contributed by atoms with van der Waals surface area (Å²) in [6.45, 7) is 4.76. The molecule has 2 aromatic heterocycles. The Kier molecular flexibility index (Phi) is 4.75. The van der Waals surface area contributed by atoms with Gasteiger partial charge in [0.15, 0.2) is 0 Å². The highest BCUT2D eigenvalue weighted by molar-refractivity contribution is 5.78. The molecule has 20 heavy (non-hydrogen) atoms. The highest BCUT2D eigenvalue weighted by Gasteiger charge is 2.15. The summed E-state index contributed by atoms with van der Waals surface area (Å²) in [6, 6.07) is -0.187. The molecule has 2 heterocycles. The van der Waals surface area contributed by atoms with Crippen molar-refractivity contribution in [1.29, 1.82) is 0 Å². The van der Waals surface area contributed by atoms with Gasteiger partial charge in [-0.2, -0.15) is 5.10 Å². The number of amides is 1. The zero-order valence-electron chi connectivity index (χ0n) is 11.7. The molecular formula is C13H18N6O. The Morgan fingerprint density at radius 2 is 2.25 bits per heavy atom. The van der Waals surface area contributed by atoms with Crippen molar-refractivity contribution in [3.05, 3.63) is 36.4 Å². The third-order valence-corrected chi connectivity index (χ3v) is 2.80. The van der Waals surface area contributed by atoms with Crippen LogP contribution in [-0.4, -0.2) is 30.6 Å². The second-order valence-electron chi connectivity index (χ2n) is 4.50. The second-order valence-corrected chi connectivity index (χ2v) is 4.50. The molecule has 7 heteroatoms. The van der Waals surface area contributed by atoms with Crippen LogP contribution in [-0.2, 0) is 17.8 Å². The monoisotopic (exact) mass is 274 g/mol. The summed E-state index contributed by atoms with van der Waals surface area (Å²) < 4.78 is 1.81. The number of rotatable bonds is 6. The fourth-order valence-corrected chi connectivity index (χ4v) is 1.94. The molecule has 2 rings (SSSR count). The maximum absolute atomic E-state index is 12.0. The van der Waals surface area contributed by atoms with E-state index in [2.05, 4.69) is 32.3 Å². The van der Waals surface area contributed by atoms with E-state index in [1.807, 2.05) is 11.6 Å². The molecule has 0 aliphatic carbocycles. The number of aromatic nitrogens is 5. The van der Waals surface area contributed by atoms with E-state index in [0.717, 1.165) is 18.8 Å². The Balaban J connectivity index is 1.95. The summed E-state index contributed by atoms with van der Waals surface area (Å²) in [4.78, 5) is 24.2. The van der Waals surface area contributed by atoms with Gasteiger partial charge in [0.2, 0.25) is 5.91 Å². The van der Waals surface area contributed by atoms with Gasteiger partial charge in [0.25, 0.3) is 0 Å². The highest BCUT2D eigenvalue weighted by Crippen LogP contribution is 2.09. The van der Waals surface area contributed by atoms with Crippen LogP contribution in [0.4, 0.5) is 0 Å². The molecule has 1 N–H and O–H groups in total. The van der Waals surface area contributed by atoms with Crippen molar-refractivity contribution in [2.45, 2.75) is 39.3 Å². The lowest BCUT2D eigenvalue weighted by atomic mass is 10.2. The number of nitrogens with one attached hydrogen (secondary N) is 1. The summed E-state index contributed by atoms with van der Waals surface area (Å²) >= 11 is 0. The first-order chi connectivity index (χ1) is 9.70. The van der Waals surface area contributed by atoms with Crippen LogP contribution in [0.25, 0.3) is 0 Å². The van der Waals surface area contributed by atoms with Crippen LogP contribution < -0.4 is 5.32 Å². The standard InChI is InChI=1S/C13H18N6O/c1-3-6-19-13(16-9-17-19)10(2)18-12(20)7-11-8-14-4-5-15-11/h4-5,8-10H,3,6-7H2,1-2H3,(H,18,20)/t10-/m1/s1. The highest BCUT2D eigenvalue weighted by atomic mass is 16.1. The Hall–Kier alpha value is -2.31. The van der Waals surface area contributed by atoms with Gasteiger partial charge < -0.3 is 5.32 Å². The number of carbonyl (C=O) groups excluding carboxylic acids is 1. The van der Waals surface area contributed by atoms with Crippen LogP contribution in [0.2, 0.25) is 0 Å². The van der Waals surface area contributed by atoms with E-state index < -0.39 is 0 Å². The molecule has 7 nitrogen and oxygen atoms in total. The zero-order chi connectivity index (χ0) is 14.4. The van der Waals surface area contributed by atoms with Gasteiger partial charge in [0.05, 0.1) is 18.2 Å². The number of hydrogen-bond donors (Lipinski definition) is 1. The fourth-order valence-electron chi connectivity index (χ4n) is 1.94. The van der Waals surface area contributed by atoms with Crippen LogP contribution in [0.3, 0.4) is 0 Å². The summed E-state index contributed by atoms with van der Waals surface area (Å²) in [7, 11) is 0.